The number of aromatic nitrogens is 3. The zero-order chi connectivity index (χ0) is 27.4. The summed E-state index contributed by atoms with van der Waals surface area (Å²) in [5.74, 6) is 1.18. The van der Waals surface area contributed by atoms with Crippen LogP contribution in [0, 0.1) is 5.92 Å². The summed E-state index contributed by atoms with van der Waals surface area (Å²) in [4.78, 5) is 22.7. The van der Waals surface area contributed by atoms with Crippen molar-refractivity contribution in [2.75, 3.05) is 73.4 Å². The molecule has 1 amide bonds. The second kappa shape index (κ2) is 12.4. The van der Waals surface area contributed by atoms with Gasteiger partial charge in [0.2, 0.25) is 0 Å². The predicted octanol–water partition coefficient (Wildman–Crippen LogP) is 4.35. The standard InChI is InChI=1S/C28H44FN9O/c1-31-23-16-22(37-14-12-36(2)13-15-37)21(18-32-23)34-28(39)24-26(30)35-38-25(20(29)17-33-27(24)38)19-10-8-6-4-3-5-7-9-11-19/h16,18-20,25,33H,3-15,17H2,1-2H3,(H2,30,35)(H,31,32)(H,34,39). The van der Waals surface area contributed by atoms with Gasteiger partial charge in [-0.15, -0.1) is 0 Å². The highest BCUT2D eigenvalue weighted by Gasteiger charge is 2.39. The number of halogens is 1. The van der Waals surface area contributed by atoms with Gasteiger partial charge < -0.3 is 31.5 Å². The number of anilines is 5. The molecule has 11 heteroatoms. The molecule has 5 N–H and O–H groups in total. The quantitative estimate of drug-likeness (QED) is 0.442. The van der Waals surface area contributed by atoms with Crippen LogP contribution in [0.2, 0.25) is 0 Å². The number of likely N-dealkylation sites (N-methyl/N-ethyl adjacent to an activating group) is 1. The third kappa shape index (κ3) is 6.08. The Labute approximate surface area is 230 Å². The Morgan fingerprint density at radius 3 is 2.41 bits per heavy atom. The number of nitrogen functional groups attached to an aromatic ring is 1. The van der Waals surface area contributed by atoms with Crippen molar-refractivity contribution in [2.24, 2.45) is 5.92 Å². The van der Waals surface area contributed by atoms with E-state index in [0.717, 1.165) is 63.4 Å². The summed E-state index contributed by atoms with van der Waals surface area (Å²) < 4.78 is 17.2. The number of amides is 1. The number of hydrogen-bond donors (Lipinski definition) is 4. The number of fused-ring (bicyclic) bond motifs is 1. The molecule has 1 saturated heterocycles. The summed E-state index contributed by atoms with van der Waals surface area (Å²) in [5, 5.41) is 13.8. The lowest BCUT2D eigenvalue weighted by Crippen LogP contribution is -2.44. The number of piperazine rings is 1. The Bertz CT molecular complexity index is 1120. The Balaban J connectivity index is 1.41. The molecule has 0 aromatic carbocycles. The van der Waals surface area contributed by atoms with Crippen LogP contribution >= 0.6 is 0 Å². The van der Waals surface area contributed by atoms with Crippen LogP contribution in [-0.2, 0) is 0 Å². The lowest BCUT2D eigenvalue weighted by molar-refractivity contribution is 0.102. The van der Waals surface area contributed by atoms with Gasteiger partial charge in [0.15, 0.2) is 5.82 Å². The molecule has 5 rings (SSSR count). The molecular formula is C28H44FN9O. The number of hydrogen-bond acceptors (Lipinski definition) is 8. The second-order valence-electron chi connectivity index (χ2n) is 11.3. The van der Waals surface area contributed by atoms with Gasteiger partial charge in [-0.25, -0.2) is 14.1 Å². The first-order chi connectivity index (χ1) is 19.0. The topological polar surface area (TPSA) is 116 Å². The zero-order valence-corrected chi connectivity index (χ0v) is 23.4. The summed E-state index contributed by atoms with van der Waals surface area (Å²) in [5.41, 5.74) is 8.16. The third-order valence-corrected chi connectivity index (χ3v) is 8.65. The van der Waals surface area contributed by atoms with Crippen molar-refractivity contribution in [2.45, 2.75) is 70.0 Å². The molecule has 0 spiro atoms. The molecule has 2 aliphatic heterocycles. The van der Waals surface area contributed by atoms with Gasteiger partial charge in [0.1, 0.15) is 23.4 Å². The first kappa shape index (κ1) is 27.5. The van der Waals surface area contributed by atoms with Crippen molar-refractivity contribution in [1.82, 2.24) is 19.7 Å². The smallest absolute Gasteiger partial charge is 0.263 e. The van der Waals surface area contributed by atoms with Crippen LogP contribution in [0.5, 0.6) is 0 Å². The summed E-state index contributed by atoms with van der Waals surface area (Å²) in [6.07, 6.45) is 10.9. The number of rotatable bonds is 5. The highest BCUT2D eigenvalue weighted by atomic mass is 19.1. The summed E-state index contributed by atoms with van der Waals surface area (Å²) in [7, 11) is 3.94. The molecule has 3 aliphatic rings. The SMILES string of the molecule is CNc1cc(N2CCN(C)CC2)c(NC(=O)c2c(N)nn3c2NCC(F)C3C2CCCCCCCCC2)cn1. The molecule has 2 aromatic rings. The number of pyridine rings is 1. The molecule has 4 heterocycles. The number of carbonyl (C=O) groups is 1. The number of nitrogens with one attached hydrogen (secondary N) is 3. The van der Waals surface area contributed by atoms with Gasteiger partial charge in [-0.1, -0.05) is 44.9 Å². The normalized spacial score (nSPS) is 23.5. The van der Waals surface area contributed by atoms with E-state index in [1.165, 1.54) is 32.1 Å². The minimum atomic E-state index is -1.08. The fraction of sp³-hybridized carbons (Fsp3) is 0.679. The first-order valence-electron chi connectivity index (χ1n) is 14.6. The van der Waals surface area contributed by atoms with Crippen molar-refractivity contribution in [3.8, 4) is 0 Å². The highest BCUT2D eigenvalue weighted by molar-refractivity contribution is 6.12. The second-order valence-corrected chi connectivity index (χ2v) is 11.3. The van der Waals surface area contributed by atoms with Gasteiger partial charge in [-0.2, -0.15) is 5.10 Å². The van der Waals surface area contributed by atoms with Crippen LogP contribution in [0.1, 0.15) is 74.2 Å². The van der Waals surface area contributed by atoms with E-state index in [0.29, 0.717) is 11.5 Å². The van der Waals surface area contributed by atoms with E-state index in [2.05, 4.69) is 42.9 Å². The van der Waals surface area contributed by atoms with E-state index >= 15 is 4.39 Å². The van der Waals surface area contributed by atoms with E-state index in [1.807, 2.05) is 13.1 Å². The maximum atomic E-state index is 15.5. The molecule has 2 fully saturated rings. The average molecular weight is 542 g/mol. The molecule has 2 aromatic heterocycles. The van der Waals surface area contributed by atoms with Crippen molar-refractivity contribution in [3.05, 3.63) is 17.8 Å². The molecule has 10 nitrogen and oxygen atoms in total. The van der Waals surface area contributed by atoms with E-state index in [-0.39, 0.29) is 29.8 Å². The summed E-state index contributed by atoms with van der Waals surface area (Å²) >= 11 is 0. The number of carbonyl (C=O) groups excluding carboxylic acids is 1. The highest BCUT2D eigenvalue weighted by Crippen LogP contribution is 2.40. The third-order valence-electron chi connectivity index (χ3n) is 8.65. The Morgan fingerprint density at radius 1 is 1.08 bits per heavy atom. The minimum absolute atomic E-state index is 0.120. The lowest BCUT2D eigenvalue weighted by Gasteiger charge is -2.35. The fourth-order valence-corrected chi connectivity index (χ4v) is 6.38. The largest absolute Gasteiger partial charge is 0.381 e. The first-order valence-corrected chi connectivity index (χ1v) is 14.6. The molecule has 0 radical (unpaired) electrons. The maximum absolute atomic E-state index is 15.5. The molecule has 2 atom stereocenters. The van der Waals surface area contributed by atoms with Crippen LogP contribution < -0.4 is 26.6 Å². The van der Waals surface area contributed by atoms with Crippen molar-refractivity contribution >= 4 is 34.7 Å². The van der Waals surface area contributed by atoms with Crippen molar-refractivity contribution < 1.29 is 9.18 Å². The Kier molecular flexibility index (Phi) is 8.74. The summed E-state index contributed by atoms with van der Waals surface area (Å²) in [6.45, 7) is 3.72. The summed E-state index contributed by atoms with van der Waals surface area (Å²) in [6, 6.07) is 1.54. The van der Waals surface area contributed by atoms with Crippen LogP contribution in [0.3, 0.4) is 0 Å². The molecule has 2 unspecified atom stereocenters. The average Bonchev–Trinajstić information content (AvgIpc) is 3.28. The number of nitrogens with two attached hydrogens (primary N) is 1. The van der Waals surface area contributed by atoms with Gasteiger partial charge in [0, 0.05) is 45.8 Å². The van der Waals surface area contributed by atoms with Gasteiger partial charge in [0.25, 0.3) is 5.91 Å². The predicted molar refractivity (Wildman–Crippen MR) is 156 cm³/mol. The van der Waals surface area contributed by atoms with Gasteiger partial charge >= 0.3 is 0 Å². The maximum Gasteiger partial charge on any atom is 0.263 e. The van der Waals surface area contributed by atoms with E-state index in [4.69, 9.17) is 5.73 Å². The number of alkyl halides is 1. The Morgan fingerprint density at radius 2 is 1.74 bits per heavy atom. The van der Waals surface area contributed by atoms with Crippen LogP contribution in [0.15, 0.2) is 12.3 Å². The molecule has 0 bridgehead atoms. The van der Waals surface area contributed by atoms with E-state index in [9.17, 15) is 4.79 Å². The Hall–Kier alpha value is -3.08. The van der Waals surface area contributed by atoms with Crippen molar-refractivity contribution in [3.63, 3.8) is 0 Å². The van der Waals surface area contributed by atoms with Crippen LogP contribution in [0.4, 0.5) is 33.2 Å². The van der Waals surface area contributed by atoms with Crippen LogP contribution in [0.25, 0.3) is 0 Å². The number of nitrogens with zero attached hydrogens (tertiary/aromatic N) is 5. The fourth-order valence-electron chi connectivity index (χ4n) is 6.38. The van der Waals surface area contributed by atoms with Crippen LogP contribution in [-0.4, -0.2) is 78.6 Å². The van der Waals surface area contributed by atoms with E-state index in [1.54, 1.807) is 10.9 Å². The van der Waals surface area contributed by atoms with E-state index < -0.39 is 12.2 Å². The monoisotopic (exact) mass is 541 g/mol. The molecule has 1 aliphatic carbocycles. The van der Waals surface area contributed by atoms with Gasteiger partial charge in [0.05, 0.1) is 23.6 Å². The van der Waals surface area contributed by atoms with Crippen molar-refractivity contribution in [1.29, 1.82) is 0 Å². The lowest BCUT2D eigenvalue weighted by atomic mass is 9.84. The molecule has 1 saturated carbocycles. The van der Waals surface area contributed by atoms with Gasteiger partial charge in [-0.3, -0.25) is 4.79 Å². The zero-order valence-electron chi connectivity index (χ0n) is 23.4. The molecule has 214 valence electrons. The molecule has 39 heavy (non-hydrogen) atoms. The minimum Gasteiger partial charge on any atom is -0.381 e. The van der Waals surface area contributed by atoms with Gasteiger partial charge in [-0.05, 0) is 25.8 Å². The molecular weight excluding hydrogens is 497 g/mol.